The Morgan fingerprint density at radius 1 is 0.947 bits per heavy atom. The standard InChI is InChI=1S/C29H28N2O7/c1-35-25-17-24-26(27(33)28(25)36-2)22(32)16-23(38-24)20-9-6-10-21(15-20)37-29(34)31-13-11-30(12-14-31)18-19-7-4-3-5-8-19/h3-10,15-17,33H,11-14,18H2,1-2H3. The fourth-order valence-corrected chi connectivity index (χ4v) is 4.56. The topological polar surface area (TPSA) is 102 Å². The van der Waals surface area contributed by atoms with Crippen LogP contribution in [0.3, 0.4) is 0 Å². The number of fused-ring (bicyclic) bond motifs is 1. The monoisotopic (exact) mass is 516 g/mol. The first-order valence-electron chi connectivity index (χ1n) is 12.2. The Morgan fingerprint density at radius 3 is 2.42 bits per heavy atom. The Kier molecular flexibility index (Phi) is 7.19. The SMILES string of the molecule is COc1cc2oc(-c3cccc(OC(=O)N4CCN(Cc5ccccc5)CC4)c3)cc(=O)c2c(O)c1OC. The van der Waals surface area contributed by atoms with E-state index in [4.69, 9.17) is 18.6 Å². The fourth-order valence-electron chi connectivity index (χ4n) is 4.56. The first kappa shape index (κ1) is 25.2. The zero-order valence-corrected chi connectivity index (χ0v) is 21.2. The summed E-state index contributed by atoms with van der Waals surface area (Å²) in [5.41, 5.74) is 1.47. The van der Waals surface area contributed by atoms with Crippen molar-refractivity contribution in [2.75, 3.05) is 40.4 Å². The normalized spacial score (nSPS) is 13.9. The number of nitrogens with zero attached hydrogens (tertiary/aromatic N) is 2. The number of carbonyl (C=O) groups excluding carboxylic acids is 1. The molecule has 1 aliphatic heterocycles. The van der Waals surface area contributed by atoms with Gasteiger partial charge in [-0.1, -0.05) is 42.5 Å². The molecule has 1 saturated heterocycles. The molecule has 1 amide bonds. The molecule has 196 valence electrons. The van der Waals surface area contributed by atoms with E-state index in [1.807, 2.05) is 18.2 Å². The molecule has 3 aromatic carbocycles. The van der Waals surface area contributed by atoms with Gasteiger partial charge in [-0.15, -0.1) is 0 Å². The first-order valence-corrected chi connectivity index (χ1v) is 12.2. The van der Waals surface area contributed by atoms with Crippen LogP contribution in [-0.4, -0.2) is 61.4 Å². The van der Waals surface area contributed by atoms with Crippen molar-refractivity contribution in [3.63, 3.8) is 0 Å². The highest BCUT2D eigenvalue weighted by Gasteiger charge is 2.23. The maximum atomic E-state index is 12.9. The molecule has 0 aliphatic carbocycles. The van der Waals surface area contributed by atoms with E-state index >= 15 is 0 Å². The molecule has 5 rings (SSSR count). The molecule has 2 heterocycles. The summed E-state index contributed by atoms with van der Waals surface area (Å²) in [5, 5.41) is 10.5. The van der Waals surface area contributed by atoms with Crippen LogP contribution in [0.5, 0.6) is 23.0 Å². The Hall–Kier alpha value is -4.50. The Labute approximate surface area is 219 Å². The molecule has 0 bridgehead atoms. The van der Waals surface area contributed by atoms with Gasteiger partial charge in [-0.05, 0) is 17.7 Å². The van der Waals surface area contributed by atoms with Crippen LogP contribution in [0.15, 0.2) is 75.9 Å². The molecule has 0 atom stereocenters. The van der Waals surface area contributed by atoms with Crippen molar-refractivity contribution in [1.29, 1.82) is 0 Å². The molecule has 4 aromatic rings. The summed E-state index contributed by atoms with van der Waals surface area (Å²) < 4.78 is 22.0. The summed E-state index contributed by atoms with van der Waals surface area (Å²) in [6, 6.07) is 19.8. The van der Waals surface area contributed by atoms with Crippen LogP contribution >= 0.6 is 0 Å². The number of carbonyl (C=O) groups is 1. The molecule has 0 spiro atoms. The van der Waals surface area contributed by atoms with Gasteiger partial charge in [0.25, 0.3) is 0 Å². The Balaban J connectivity index is 1.30. The van der Waals surface area contributed by atoms with Crippen LogP contribution in [0, 0.1) is 0 Å². The molecule has 0 unspecified atom stereocenters. The van der Waals surface area contributed by atoms with Gasteiger partial charge < -0.3 is 28.6 Å². The minimum absolute atomic E-state index is 0.0135. The number of aromatic hydroxyl groups is 1. The van der Waals surface area contributed by atoms with E-state index in [1.54, 1.807) is 29.2 Å². The van der Waals surface area contributed by atoms with Gasteiger partial charge in [-0.2, -0.15) is 0 Å². The van der Waals surface area contributed by atoms with Crippen molar-refractivity contribution in [2.45, 2.75) is 6.54 Å². The van der Waals surface area contributed by atoms with Crippen LogP contribution in [-0.2, 0) is 6.54 Å². The second-order valence-electron chi connectivity index (χ2n) is 8.95. The number of rotatable bonds is 6. The van der Waals surface area contributed by atoms with Crippen LogP contribution < -0.4 is 19.6 Å². The molecular weight excluding hydrogens is 488 g/mol. The number of methoxy groups -OCH3 is 2. The lowest BCUT2D eigenvalue weighted by atomic mass is 10.1. The molecule has 1 fully saturated rings. The molecule has 1 aliphatic rings. The Bertz CT molecular complexity index is 1510. The lowest BCUT2D eigenvalue weighted by molar-refractivity contribution is 0.108. The van der Waals surface area contributed by atoms with Gasteiger partial charge in [0, 0.05) is 50.4 Å². The van der Waals surface area contributed by atoms with Crippen molar-refractivity contribution in [3.8, 4) is 34.3 Å². The third kappa shape index (κ3) is 5.14. The number of phenols is 1. The molecule has 1 N–H and O–H groups in total. The average Bonchev–Trinajstić information content (AvgIpc) is 2.93. The first-order chi connectivity index (χ1) is 18.5. The third-order valence-corrected chi connectivity index (χ3v) is 6.54. The smallest absolute Gasteiger partial charge is 0.415 e. The molecular formula is C29H28N2O7. The predicted octanol–water partition coefficient (Wildman–Crippen LogP) is 4.50. The highest BCUT2D eigenvalue weighted by molar-refractivity contribution is 5.89. The van der Waals surface area contributed by atoms with Gasteiger partial charge >= 0.3 is 6.09 Å². The van der Waals surface area contributed by atoms with Gasteiger partial charge in [0.05, 0.1) is 14.2 Å². The van der Waals surface area contributed by atoms with Crippen LogP contribution in [0.25, 0.3) is 22.3 Å². The highest BCUT2D eigenvalue weighted by Crippen LogP contribution is 2.42. The third-order valence-electron chi connectivity index (χ3n) is 6.54. The number of piperazine rings is 1. The minimum atomic E-state index is -0.449. The van der Waals surface area contributed by atoms with Gasteiger partial charge in [-0.25, -0.2) is 4.79 Å². The van der Waals surface area contributed by atoms with Gasteiger partial charge in [0.1, 0.15) is 22.5 Å². The summed E-state index contributed by atoms with van der Waals surface area (Å²) in [4.78, 5) is 29.7. The lowest BCUT2D eigenvalue weighted by Gasteiger charge is -2.34. The molecule has 9 nitrogen and oxygen atoms in total. The van der Waals surface area contributed by atoms with Crippen LogP contribution in [0.1, 0.15) is 5.56 Å². The summed E-state index contributed by atoms with van der Waals surface area (Å²) in [6.45, 7) is 3.50. The predicted molar refractivity (Wildman–Crippen MR) is 142 cm³/mol. The maximum Gasteiger partial charge on any atom is 0.415 e. The van der Waals surface area contributed by atoms with Crippen molar-refractivity contribution >= 4 is 17.1 Å². The number of phenolic OH excluding ortho intramolecular Hbond substituents is 1. The quantitative estimate of drug-likeness (QED) is 0.400. The van der Waals surface area contributed by atoms with Crippen molar-refractivity contribution < 1.29 is 28.5 Å². The number of amides is 1. The zero-order valence-electron chi connectivity index (χ0n) is 21.2. The van der Waals surface area contributed by atoms with E-state index in [1.165, 1.54) is 31.9 Å². The summed E-state index contributed by atoms with van der Waals surface area (Å²) >= 11 is 0. The van der Waals surface area contributed by atoms with E-state index in [9.17, 15) is 14.7 Å². The molecule has 0 radical (unpaired) electrons. The number of benzene rings is 3. The van der Waals surface area contributed by atoms with E-state index in [2.05, 4.69) is 17.0 Å². The van der Waals surface area contributed by atoms with E-state index in [0.717, 1.165) is 19.6 Å². The van der Waals surface area contributed by atoms with Crippen molar-refractivity contribution in [1.82, 2.24) is 9.80 Å². The largest absolute Gasteiger partial charge is 0.504 e. The summed E-state index contributed by atoms with van der Waals surface area (Å²) in [6.07, 6.45) is -0.428. The second kappa shape index (κ2) is 10.9. The van der Waals surface area contributed by atoms with Gasteiger partial charge in [0.15, 0.2) is 16.9 Å². The minimum Gasteiger partial charge on any atom is -0.504 e. The maximum absolute atomic E-state index is 12.9. The number of hydrogen-bond acceptors (Lipinski definition) is 8. The van der Waals surface area contributed by atoms with Gasteiger partial charge in [0.2, 0.25) is 5.75 Å². The average molecular weight is 517 g/mol. The van der Waals surface area contributed by atoms with E-state index < -0.39 is 11.5 Å². The molecule has 1 aromatic heterocycles. The summed E-state index contributed by atoms with van der Waals surface area (Å²) in [5.74, 6) is 0.506. The highest BCUT2D eigenvalue weighted by atomic mass is 16.6. The van der Waals surface area contributed by atoms with Crippen LogP contribution in [0.4, 0.5) is 4.79 Å². The number of ether oxygens (including phenoxy) is 3. The zero-order chi connectivity index (χ0) is 26.6. The van der Waals surface area contributed by atoms with Gasteiger partial charge in [-0.3, -0.25) is 9.69 Å². The molecule has 38 heavy (non-hydrogen) atoms. The van der Waals surface area contributed by atoms with Crippen molar-refractivity contribution in [2.24, 2.45) is 0 Å². The fraction of sp³-hybridized carbons (Fsp3) is 0.241. The van der Waals surface area contributed by atoms with Crippen LogP contribution in [0.2, 0.25) is 0 Å². The molecule has 0 saturated carbocycles. The second-order valence-corrected chi connectivity index (χ2v) is 8.95. The van der Waals surface area contributed by atoms with E-state index in [-0.39, 0.29) is 34.0 Å². The van der Waals surface area contributed by atoms with Crippen molar-refractivity contribution in [3.05, 3.63) is 82.5 Å². The van der Waals surface area contributed by atoms with E-state index in [0.29, 0.717) is 24.4 Å². The summed E-state index contributed by atoms with van der Waals surface area (Å²) in [7, 11) is 2.79. The molecule has 9 heteroatoms. The lowest BCUT2D eigenvalue weighted by Crippen LogP contribution is -2.49. The Morgan fingerprint density at radius 2 is 1.71 bits per heavy atom. The number of hydrogen-bond donors (Lipinski definition) is 1.